The molecule has 1 atom stereocenters. The Labute approximate surface area is 120 Å². The lowest BCUT2D eigenvalue weighted by Gasteiger charge is -2.15. The maximum atomic E-state index is 12.1. The highest BCUT2D eigenvalue weighted by Crippen LogP contribution is 2.17. The smallest absolute Gasteiger partial charge is 0.283 e. The molecule has 0 saturated heterocycles. The van der Waals surface area contributed by atoms with Gasteiger partial charge in [-0.15, -0.1) is 0 Å². The van der Waals surface area contributed by atoms with E-state index in [0.717, 1.165) is 0 Å². The molecular weight excluding hydrogens is 312 g/mol. The van der Waals surface area contributed by atoms with Crippen LogP contribution in [-0.4, -0.2) is 28.8 Å². The average molecular weight is 331 g/mol. The second-order valence-electron chi connectivity index (χ2n) is 4.73. The first-order valence-corrected chi connectivity index (χ1v) is 6.89. The number of rotatable bonds is 5. The van der Waals surface area contributed by atoms with Crippen molar-refractivity contribution in [1.82, 2.24) is 15.1 Å². The molecule has 19 heavy (non-hydrogen) atoms. The number of likely N-dealkylation sites (N-methyl/N-ethyl adjacent to an activating group) is 1. The van der Waals surface area contributed by atoms with E-state index in [1.54, 1.807) is 20.2 Å². The Morgan fingerprint density at radius 3 is 2.63 bits per heavy atom. The van der Waals surface area contributed by atoms with Crippen LogP contribution in [0.2, 0.25) is 0 Å². The van der Waals surface area contributed by atoms with E-state index in [-0.39, 0.29) is 11.5 Å². The number of hydrogen-bond acceptors (Lipinski definition) is 4. The third kappa shape index (κ3) is 4.05. The Morgan fingerprint density at radius 2 is 2.11 bits per heavy atom. The summed E-state index contributed by atoms with van der Waals surface area (Å²) in [5, 5.41) is 9.58. The van der Waals surface area contributed by atoms with E-state index in [1.165, 1.54) is 4.68 Å². The van der Waals surface area contributed by atoms with Gasteiger partial charge in [0.05, 0.1) is 11.9 Å². The maximum absolute atomic E-state index is 12.1. The summed E-state index contributed by atoms with van der Waals surface area (Å²) in [5.41, 5.74) is 0.309. The molecular formula is C12H19BrN4O2. The molecule has 0 radical (unpaired) electrons. The number of amides is 1. The fourth-order valence-electron chi connectivity index (χ4n) is 1.56. The van der Waals surface area contributed by atoms with Crippen LogP contribution in [0.3, 0.4) is 0 Å². The van der Waals surface area contributed by atoms with Crippen LogP contribution < -0.4 is 16.2 Å². The van der Waals surface area contributed by atoms with Crippen molar-refractivity contribution in [2.45, 2.75) is 33.4 Å². The van der Waals surface area contributed by atoms with Gasteiger partial charge >= 0.3 is 0 Å². The van der Waals surface area contributed by atoms with Crippen LogP contribution in [0.15, 0.2) is 15.5 Å². The van der Waals surface area contributed by atoms with Crippen LogP contribution in [-0.2, 0) is 11.3 Å². The average Bonchev–Trinajstić information content (AvgIpc) is 2.36. The Bertz CT molecular complexity index is 513. The molecule has 0 aliphatic rings. The molecule has 0 spiro atoms. The van der Waals surface area contributed by atoms with E-state index in [9.17, 15) is 9.59 Å². The van der Waals surface area contributed by atoms with Gasteiger partial charge in [-0.05, 0) is 28.8 Å². The van der Waals surface area contributed by atoms with Crippen LogP contribution in [0.25, 0.3) is 0 Å². The zero-order chi connectivity index (χ0) is 14.6. The van der Waals surface area contributed by atoms with Gasteiger partial charge in [-0.3, -0.25) is 9.59 Å². The molecule has 0 fully saturated rings. The predicted octanol–water partition coefficient (Wildman–Crippen LogP) is 1.21. The van der Waals surface area contributed by atoms with Gasteiger partial charge < -0.3 is 10.6 Å². The summed E-state index contributed by atoms with van der Waals surface area (Å²) >= 11 is 3.25. The van der Waals surface area contributed by atoms with E-state index < -0.39 is 6.04 Å². The maximum Gasteiger partial charge on any atom is 0.283 e. The van der Waals surface area contributed by atoms with Gasteiger partial charge in [0.1, 0.15) is 10.5 Å². The highest BCUT2D eigenvalue weighted by Gasteiger charge is 2.15. The molecule has 1 amide bonds. The van der Waals surface area contributed by atoms with Gasteiger partial charge in [0.25, 0.3) is 5.56 Å². The fraction of sp³-hybridized carbons (Fsp3) is 0.583. The molecule has 0 aromatic carbocycles. The van der Waals surface area contributed by atoms with Crippen molar-refractivity contribution in [1.29, 1.82) is 0 Å². The quantitative estimate of drug-likeness (QED) is 0.850. The van der Waals surface area contributed by atoms with E-state index in [1.807, 2.05) is 13.8 Å². The first kappa shape index (κ1) is 15.7. The summed E-state index contributed by atoms with van der Waals surface area (Å²) in [5.74, 6) is 0.180. The van der Waals surface area contributed by atoms with E-state index in [0.29, 0.717) is 22.6 Å². The molecule has 2 N–H and O–H groups in total. The van der Waals surface area contributed by atoms with Crippen LogP contribution in [0.1, 0.15) is 20.8 Å². The molecule has 1 rings (SSSR count). The van der Waals surface area contributed by atoms with Crippen LogP contribution in [0.5, 0.6) is 0 Å². The molecule has 7 heteroatoms. The molecule has 0 bridgehead atoms. The molecule has 1 heterocycles. The van der Waals surface area contributed by atoms with Crippen molar-refractivity contribution < 1.29 is 4.79 Å². The third-order valence-electron chi connectivity index (χ3n) is 2.53. The molecule has 0 aliphatic carbocycles. The van der Waals surface area contributed by atoms with Gasteiger partial charge in [-0.25, -0.2) is 4.68 Å². The number of carbonyl (C=O) groups is 1. The fourth-order valence-corrected chi connectivity index (χ4v) is 1.98. The lowest BCUT2D eigenvalue weighted by atomic mass is 10.2. The minimum atomic E-state index is -0.441. The van der Waals surface area contributed by atoms with Crippen molar-refractivity contribution in [2.75, 3.05) is 12.4 Å². The Hall–Kier alpha value is -1.37. The first-order valence-electron chi connectivity index (χ1n) is 6.10. The second kappa shape index (κ2) is 6.70. The van der Waals surface area contributed by atoms with E-state index >= 15 is 0 Å². The van der Waals surface area contributed by atoms with Gasteiger partial charge in [0.2, 0.25) is 5.91 Å². The van der Waals surface area contributed by atoms with E-state index in [2.05, 4.69) is 31.7 Å². The lowest BCUT2D eigenvalue weighted by molar-refractivity contribution is -0.121. The normalized spacial score (nSPS) is 12.3. The summed E-state index contributed by atoms with van der Waals surface area (Å²) in [7, 11) is 1.56. The number of nitrogens with zero attached hydrogens (tertiary/aromatic N) is 2. The number of hydrogen-bond donors (Lipinski definition) is 2. The van der Waals surface area contributed by atoms with Crippen molar-refractivity contribution in [3.63, 3.8) is 0 Å². The van der Waals surface area contributed by atoms with Gasteiger partial charge in [0.15, 0.2) is 0 Å². The molecule has 106 valence electrons. The van der Waals surface area contributed by atoms with Crippen molar-refractivity contribution in [3.8, 4) is 0 Å². The Balaban J connectivity index is 2.97. The Kier molecular flexibility index (Phi) is 5.53. The largest absolute Gasteiger partial charge is 0.372 e. The molecule has 6 nitrogen and oxygen atoms in total. The van der Waals surface area contributed by atoms with Gasteiger partial charge in [-0.1, -0.05) is 13.8 Å². The second-order valence-corrected chi connectivity index (χ2v) is 5.53. The van der Waals surface area contributed by atoms with Crippen molar-refractivity contribution in [3.05, 3.63) is 21.0 Å². The summed E-state index contributed by atoms with van der Waals surface area (Å²) < 4.78 is 1.80. The Morgan fingerprint density at radius 1 is 1.47 bits per heavy atom. The summed E-state index contributed by atoms with van der Waals surface area (Å²) in [6, 6.07) is -0.441. The van der Waals surface area contributed by atoms with Crippen LogP contribution in [0.4, 0.5) is 5.69 Å². The molecule has 1 aromatic heterocycles. The van der Waals surface area contributed by atoms with E-state index in [4.69, 9.17) is 0 Å². The van der Waals surface area contributed by atoms with Gasteiger partial charge in [0, 0.05) is 13.6 Å². The summed E-state index contributed by atoms with van der Waals surface area (Å²) in [6.07, 6.45) is 1.55. The predicted molar refractivity (Wildman–Crippen MR) is 78.2 cm³/mol. The number of anilines is 1. The molecule has 1 unspecified atom stereocenters. The zero-order valence-electron chi connectivity index (χ0n) is 11.5. The summed E-state index contributed by atoms with van der Waals surface area (Å²) in [4.78, 5) is 23.5. The number of aromatic nitrogens is 2. The lowest BCUT2D eigenvalue weighted by Crippen LogP contribution is -2.36. The summed E-state index contributed by atoms with van der Waals surface area (Å²) in [6.45, 7) is 6.30. The van der Waals surface area contributed by atoms with Gasteiger partial charge in [-0.2, -0.15) is 5.10 Å². The highest BCUT2D eigenvalue weighted by molar-refractivity contribution is 9.10. The minimum Gasteiger partial charge on any atom is -0.372 e. The molecule has 1 aromatic rings. The number of carbonyl (C=O) groups excluding carboxylic acids is 1. The SMILES string of the molecule is CNC(=O)C(C)Nc1cnn(CC(C)C)c(=O)c1Br. The highest BCUT2D eigenvalue weighted by atomic mass is 79.9. The zero-order valence-corrected chi connectivity index (χ0v) is 13.1. The van der Waals surface area contributed by atoms with Crippen LogP contribution in [0, 0.1) is 5.92 Å². The number of nitrogens with one attached hydrogen (secondary N) is 2. The van der Waals surface area contributed by atoms with Crippen molar-refractivity contribution >= 4 is 27.5 Å². The molecule has 0 saturated carbocycles. The third-order valence-corrected chi connectivity index (χ3v) is 3.30. The topological polar surface area (TPSA) is 76.0 Å². The standard InChI is InChI=1S/C12H19BrN4O2/c1-7(2)6-17-12(19)10(13)9(5-15-17)16-8(3)11(18)14-4/h5,7-8,16H,6H2,1-4H3,(H,14,18). The molecule has 0 aliphatic heterocycles. The van der Waals surface area contributed by atoms with Crippen LogP contribution >= 0.6 is 15.9 Å². The van der Waals surface area contributed by atoms with Crippen molar-refractivity contribution in [2.24, 2.45) is 5.92 Å². The first-order chi connectivity index (χ1) is 8.86. The monoisotopic (exact) mass is 330 g/mol. The number of halogens is 1. The minimum absolute atomic E-state index is 0.154.